The number of rotatable bonds is 5. The Hall–Kier alpha value is -3.08. The summed E-state index contributed by atoms with van der Waals surface area (Å²) in [6.07, 6.45) is -2.86. The number of furan rings is 1. The van der Waals surface area contributed by atoms with Gasteiger partial charge in [-0.1, -0.05) is 29.1 Å². The van der Waals surface area contributed by atoms with Crippen LogP contribution < -0.4 is 0 Å². The Morgan fingerprint density at radius 3 is 2.54 bits per heavy atom. The summed E-state index contributed by atoms with van der Waals surface area (Å²) in [5.41, 5.74) is 0.390. The molecule has 0 aliphatic rings. The molecule has 0 aliphatic heterocycles. The van der Waals surface area contributed by atoms with Crippen LogP contribution in [0.1, 0.15) is 17.2 Å². The van der Waals surface area contributed by atoms with Gasteiger partial charge in [0.05, 0.1) is 23.1 Å². The summed E-state index contributed by atoms with van der Waals surface area (Å²) >= 11 is 1.20. The van der Waals surface area contributed by atoms with Gasteiger partial charge in [-0.05, 0) is 25.1 Å². The van der Waals surface area contributed by atoms with Crippen molar-refractivity contribution in [3.63, 3.8) is 0 Å². The summed E-state index contributed by atoms with van der Waals surface area (Å²) in [5.74, 6) is 1.74. The monoisotopic (exact) mass is 408 g/mol. The fourth-order valence-electron chi connectivity index (χ4n) is 2.35. The van der Waals surface area contributed by atoms with E-state index in [1.165, 1.54) is 30.2 Å². The van der Waals surface area contributed by atoms with Crippen LogP contribution in [-0.4, -0.2) is 20.3 Å². The smallest absolute Gasteiger partial charge is 0.416 e. The fourth-order valence-corrected chi connectivity index (χ4v) is 2.95. The van der Waals surface area contributed by atoms with Gasteiger partial charge in [-0.3, -0.25) is 0 Å². The predicted octanol–water partition coefficient (Wildman–Crippen LogP) is 5.00. The quantitative estimate of drug-likeness (QED) is 0.426. The van der Waals surface area contributed by atoms with E-state index >= 15 is 0 Å². The average molecular weight is 408 g/mol. The van der Waals surface area contributed by atoms with Gasteiger partial charge < -0.3 is 13.4 Å². The van der Waals surface area contributed by atoms with E-state index in [1.807, 2.05) is 0 Å². The van der Waals surface area contributed by atoms with E-state index in [1.54, 1.807) is 13.0 Å². The fraction of sp³-hybridized carbons (Fsp3) is 0.176. The van der Waals surface area contributed by atoms with Gasteiger partial charge in [0.1, 0.15) is 5.76 Å². The molecule has 3 aromatic heterocycles. The van der Waals surface area contributed by atoms with Crippen LogP contribution in [0.5, 0.6) is 0 Å². The first-order chi connectivity index (χ1) is 13.4. The van der Waals surface area contributed by atoms with Gasteiger partial charge in [0.2, 0.25) is 11.7 Å². The largest absolute Gasteiger partial charge is 0.469 e. The Labute approximate surface area is 159 Å². The molecule has 0 aliphatic carbocycles. The summed E-state index contributed by atoms with van der Waals surface area (Å²) in [6, 6.07) is 6.26. The molecule has 0 unspecified atom stereocenters. The minimum atomic E-state index is -4.39. The van der Waals surface area contributed by atoms with Crippen LogP contribution in [0.3, 0.4) is 0 Å². The second kappa shape index (κ2) is 7.15. The van der Waals surface area contributed by atoms with Gasteiger partial charge in [-0.15, -0.1) is 10.2 Å². The first kappa shape index (κ1) is 18.3. The van der Waals surface area contributed by atoms with Gasteiger partial charge in [0, 0.05) is 5.56 Å². The van der Waals surface area contributed by atoms with Crippen molar-refractivity contribution in [2.75, 3.05) is 0 Å². The summed E-state index contributed by atoms with van der Waals surface area (Å²) < 4.78 is 53.7. The van der Waals surface area contributed by atoms with Crippen molar-refractivity contribution < 1.29 is 26.5 Å². The summed E-state index contributed by atoms with van der Waals surface area (Å²) in [4.78, 5) is 4.17. The van der Waals surface area contributed by atoms with Gasteiger partial charge in [-0.25, -0.2) is 0 Å². The van der Waals surface area contributed by atoms with Crippen molar-refractivity contribution in [1.82, 2.24) is 20.3 Å². The minimum Gasteiger partial charge on any atom is -0.469 e. The molecule has 4 aromatic rings. The summed E-state index contributed by atoms with van der Waals surface area (Å²) in [7, 11) is 0. The highest BCUT2D eigenvalue weighted by Crippen LogP contribution is 2.31. The number of hydrogen-bond acceptors (Lipinski definition) is 8. The third-order valence-corrected chi connectivity index (χ3v) is 4.56. The number of nitrogens with zero attached hydrogens (tertiary/aromatic N) is 4. The summed E-state index contributed by atoms with van der Waals surface area (Å²) in [5, 5.41) is 12.0. The highest BCUT2D eigenvalue weighted by Gasteiger charge is 2.30. The highest BCUT2D eigenvalue weighted by atomic mass is 32.2. The molecule has 11 heteroatoms. The van der Waals surface area contributed by atoms with Crippen molar-refractivity contribution in [3.8, 4) is 22.8 Å². The van der Waals surface area contributed by atoms with Crippen LogP contribution in [0.4, 0.5) is 13.2 Å². The molecule has 0 saturated heterocycles. The van der Waals surface area contributed by atoms with Crippen LogP contribution in [-0.2, 0) is 11.9 Å². The molecule has 3 heterocycles. The molecular weight excluding hydrogens is 397 g/mol. The van der Waals surface area contributed by atoms with E-state index in [4.69, 9.17) is 13.4 Å². The Morgan fingerprint density at radius 1 is 1.07 bits per heavy atom. The normalized spacial score (nSPS) is 11.9. The number of benzene rings is 1. The average Bonchev–Trinajstić information content (AvgIpc) is 3.40. The van der Waals surface area contributed by atoms with Crippen molar-refractivity contribution in [1.29, 1.82) is 0 Å². The lowest BCUT2D eigenvalue weighted by Crippen LogP contribution is -2.04. The first-order valence-electron chi connectivity index (χ1n) is 7.91. The highest BCUT2D eigenvalue weighted by molar-refractivity contribution is 7.98. The number of aryl methyl sites for hydroxylation is 1. The zero-order valence-corrected chi connectivity index (χ0v) is 15.0. The lowest BCUT2D eigenvalue weighted by Gasteiger charge is -2.05. The maximum absolute atomic E-state index is 12.6. The second-order valence-corrected chi connectivity index (χ2v) is 6.57. The Balaban J connectivity index is 1.42. The van der Waals surface area contributed by atoms with Crippen molar-refractivity contribution >= 4 is 11.8 Å². The molecule has 7 nitrogen and oxygen atoms in total. The standard InChI is InChI=1S/C17H11F3N4O3S/c1-9-12(6-7-25-9)15-22-23-16(26-15)28-8-13-21-14(24-27-13)10-2-4-11(5-3-10)17(18,19)20/h2-7H,8H2,1H3. The zero-order valence-electron chi connectivity index (χ0n) is 14.2. The number of hydrogen-bond donors (Lipinski definition) is 0. The third-order valence-electron chi connectivity index (χ3n) is 3.75. The predicted molar refractivity (Wildman–Crippen MR) is 91.0 cm³/mol. The lowest BCUT2D eigenvalue weighted by atomic mass is 10.1. The maximum Gasteiger partial charge on any atom is 0.416 e. The number of alkyl halides is 3. The van der Waals surface area contributed by atoms with E-state index in [0.717, 1.165) is 12.1 Å². The molecule has 0 bridgehead atoms. The van der Waals surface area contributed by atoms with Crippen LogP contribution in [0.2, 0.25) is 0 Å². The second-order valence-electron chi connectivity index (χ2n) is 5.64. The first-order valence-corrected chi connectivity index (χ1v) is 8.90. The number of aromatic nitrogens is 4. The Bertz CT molecular complexity index is 1090. The van der Waals surface area contributed by atoms with Crippen LogP contribution in [0.15, 0.2) is 55.2 Å². The SMILES string of the molecule is Cc1occc1-c1nnc(SCc2nc(-c3ccc(C(F)(F)F)cc3)no2)o1. The topological polar surface area (TPSA) is 91.0 Å². The van der Waals surface area contributed by atoms with Crippen molar-refractivity contribution in [3.05, 3.63) is 53.8 Å². The molecule has 0 radical (unpaired) electrons. The molecule has 1 aromatic carbocycles. The molecule has 0 fully saturated rings. The molecule has 144 valence electrons. The van der Waals surface area contributed by atoms with Crippen molar-refractivity contribution in [2.24, 2.45) is 0 Å². The van der Waals surface area contributed by atoms with E-state index in [9.17, 15) is 13.2 Å². The van der Waals surface area contributed by atoms with Crippen LogP contribution >= 0.6 is 11.8 Å². The molecule has 28 heavy (non-hydrogen) atoms. The molecule has 0 saturated carbocycles. The molecular formula is C17H11F3N4O3S. The molecule has 0 N–H and O–H groups in total. The van der Waals surface area contributed by atoms with Gasteiger partial charge in [0.15, 0.2) is 0 Å². The van der Waals surface area contributed by atoms with Crippen LogP contribution in [0.25, 0.3) is 22.8 Å². The molecule has 0 spiro atoms. The minimum absolute atomic E-state index is 0.199. The maximum atomic E-state index is 12.6. The summed E-state index contributed by atoms with van der Waals surface area (Å²) in [6.45, 7) is 1.79. The molecule has 0 atom stereocenters. The van der Waals surface area contributed by atoms with E-state index in [2.05, 4.69) is 20.3 Å². The van der Waals surface area contributed by atoms with Gasteiger partial charge >= 0.3 is 6.18 Å². The van der Waals surface area contributed by atoms with E-state index in [-0.39, 0.29) is 17.5 Å². The van der Waals surface area contributed by atoms with E-state index in [0.29, 0.717) is 28.0 Å². The molecule has 0 amide bonds. The van der Waals surface area contributed by atoms with E-state index < -0.39 is 11.7 Å². The third kappa shape index (κ3) is 3.79. The lowest BCUT2D eigenvalue weighted by molar-refractivity contribution is -0.137. The zero-order chi connectivity index (χ0) is 19.7. The Morgan fingerprint density at radius 2 is 1.86 bits per heavy atom. The van der Waals surface area contributed by atoms with Gasteiger partial charge in [-0.2, -0.15) is 18.2 Å². The molecule has 4 rings (SSSR count). The number of thioether (sulfide) groups is 1. The van der Waals surface area contributed by atoms with Crippen LogP contribution in [0, 0.1) is 6.92 Å². The number of halogens is 3. The Kier molecular flexibility index (Phi) is 4.67. The van der Waals surface area contributed by atoms with Gasteiger partial charge in [0.25, 0.3) is 11.1 Å². The van der Waals surface area contributed by atoms with Crippen molar-refractivity contribution in [2.45, 2.75) is 24.1 Å².